The van der Waals surface area contributed by atoms with Gasteiger partial charge < -0.3 is 20.3 Å². The maximum Gasteiger partial charge on any atom is 0.471 e. The Balaban J connectivity index is 1.96. The number of rotatable bonds is 7. The normalized spacial score (nSPS) is 22.8. The highest BCUT2D eigenvalue weighted by Crippen LogP contribution is 2.21. The van der Waals surface area contributed by atoms with Crippen LogP contribution in [0.5, 0.6) is 0 Å². The van der Waals surface area contributed by atoms with Gasteiger partial charge in [-0.2, -0.15) is 13.2 Å². The lowest BCUT2D eigenvalue weighted by Gasteiger charge is -2.14. The standard InChI is InChI=1S/C15H20F3N3O6/c16-15(17,18)13(25)19-3-1-2-8-5-21(14(26)20-12(8)24)6-9-4-10(23)11(7-22)27-9/h5,9-11,22-23H,1-4,6-7H2,(H,19,25)(H,20,24,26). The third-order valence-corrected chi connectivity index (χ3v) is 4.13. The second-order valence-corrected chi connectivity index (χ2v) is 6.21. The molecule has 3 atom stereocenters. The average Bonchev–Trinajstić information content (AvgIpc) is 2.93. The molecular formula is C15H20F3N3O6. The van der Waals surface area contributed by atoms with Gasteiger partial charge in [0.25, 0.3) is 5.56 Å². The molecule has 1 saturated heterocycles. The molecule has 152 valence electrons. The van der Waals surface area contributed by atoms with E-state index < -0.39 is 41.6 Å². The number of aromatic nitrogens is 2. The summed E-state index contributed by atoms with van der Waals surface area (Å²) in [7, 11) is 0. The quantitative estimate of drug-likeness (QED) is 0.422. The van der Waals surface area contributed by atoms with Gasteiger partial charge >= 0.3 is 17.8 Å². The zero-order valence-electron chi connectivity index (χ0n) is 14.2. The summed E-state index contributed by atoms with van der Waals surface area (Å²) in [6, 6.07) is 0. The molecular weight excluding hydrogens is 375 g/mol. The summed E-state index contributed by atoms with van der Waals surface area (Å²) in [4.78, 5) is 36.5. The van der Waals surface area contributed by atoms with Gasteiger partial charge in [0.15, 0.2) is 0 Å². The fourth-order valence-electron chi connectivity index (χ4n) is 2.77. The summed E-state index contributed by atoms with van der Waals surface area (Å²) in [6.07, 6.45) is -5.54. The number of H-pyrrole nitrogens is 1. The highest BCUT2D eigenvalue weighted by Gasteiger charge is 2.38. The summed E-state index contributed by atoms with van der Waals surface area (Å²) < 4.78 is 42.8. The Labute approximate surface area is 150 Å². The highest BCUT2D eigenvalue weighted by atomic mass is 19.4. The monoisotopic (exact) mass is 395 g/mol. The van der Waals surface area contributed by atoms with Crippen LogP contribution in [-0.4, -0.2) is 63.3 Å². The average molecular weight is 395 g/mol. The Bertz CT molecular complexity index is 775. The molecule has 1 fully saturated rings. The zero-order chi connectivity index (χ0) is 20.2. The van der Waals surface area contributed by atoms with Gasteiger partial charge in [-0.25, -0.2) is 4.79 Å². The largest absolute Gasteiger partial charge is 0.471 e. The Morgan fingerprint density at radius 2 is 2.11 bits per heavy atom. The van der Waals surface area contributed by atoms with E-state index in [9.17, 15) is 32.7 Å². The predicted molar refractivity (Wildman–Crippen MR) is 85.1 cm³/mol. The second-order valence-electron chi connectivity index (χ2n) is 6.21. The minimum absolute atomic E-state index is 0.0288. The van der Waals surface area contributed by atoms with Crippen LogP contribution in [-0.2, 0) is 22.5 Å². The molecule has 3 unspecified atom stereocenters. The van der Waals surface area contributed by atoms with Crippen molar-refractivity contribution >= 4 is 5.91 Å². The van der Waals surface area contributed by atoms with Crippen molar-refractivity contribution in [1.29, 1.82) is 0 Å². The van der Waals surface area contributed by atoms with Crippen LogP contribution in [0.25, 0.3) is 0 Å². The molecule has 1 aliphatic heterocycles. The third kappa shape index (κ3) is 5.65. The summed E-state index contributed by atoms with van der Waals surface area (Å²) in [6.45, 7) is -0.624. The minimum Gasteiger partial charge on any atom is -0.394 e. The third-order valence-electron chi connectivity index (χ3n) is 4.13. The predicted octanol–water partition coefficient (Wildman–Crippen LogP) is -1.34. The van der Waals surface area contributed by atoms with Crippen molar-refractivity contribution in [3.05, 3.63) is 32.6 Å². The molecule has 4 N–H and O–H groups in total. The summed E-state index contributed by atoms with van der Waals surface area (Å²) >= 11 is 0. The maximum absolute atomic E-state index is 12.1. The van der Waals surface area contributed by atoms with Crippen molar-refractivity contribution in [2.75, 3.05) is 13.2 Å². The topological polar surface area (TPSA) is 134 Å². The number of aryl methyl sites for hydroxylation is 1. The van der Waals surface area contributed by atoms with Crippen LogP contribution in [0, 0.1) is 0 Å². The molecule has 1 aromatic rings. The van der Waals surface area contributed by atoms with E-state index in [1.165, 1.54) is 10.8 Å². The smallest absolute Gasteiger partial charge is 0.394 e. The molecule has 0 aromatic carbocycles. The zero-order valence-corrected chi connectivity index (χ0v) is 14.2. The van der Waals surface area contributed by atoms with Crippen molar-refractivity contribution in [2.24, 2.45) is 0 Å². The first-order valence-corrected chi connectivity index (χ1v) is 8.24. The SMILES string of the molecule is O=C(NCCCc1cn(CC2CC(O)C(CO)O2)c(=O)[nH]c1=O)C(F)(F)F. The van der Waals surface area contributed by atoms with E-state index in [0.29, 0.717) is 0 Å². The number of ether oxygens (including phenoxy) is 1. The molecule has 1 aliphatic rings. The van der Waals surface area contributed by atoms with Crippen LogP contribution in [0.15, 0.2) is 15.8 Å². The lowest BCUT2D eigenvalue weighted by molar-refractivity contribution is -0.173. The molecule has 0 aliphatic carbocycles. The first-order valence-electron chi connectivity index (χ1n) is 8.24. The number of hydrogen-bond acceptors (Lipinski definition) is 6. The van der Waals surface area contributed by atoms with Gasteiger partial charge in [0.2, 0.25) is 0 Å². The lowest BCUT2D eigenvalue weighted by atomic mass is 10.1. The Kier molecular flexibility index (Phi) is 6.78. The number of nitrogens with one attached hydrogen (secondary N) is 2. The molecule has 1 amide bonds. The molecule has 0 bridgehead atoms. The highest BCUT2D eigenvalue weighted by molar-refractivity contribution is 5.81. The molecule has 2 rings (SSSR count). The Morgan fingerprint density at radius 1 is 1.41 bits per heavy atom. The first-order chi connectivity index (χ1) is 12.6. The fourth-order valence-corrected chi connectivity index (χ4v) is 2.77. The summed E-state index contributed by atoms with van der Waals surface area (Å²) in [5.74, 6) is -2.06. The van der Waals surface area contributed by atoms with E-state index in [1.807, 2.05) is 0 Å². The molecule has 0 spiro atoms. The van der Waals surface area contributed by atoms with E-state index in [4.69, 9.17) is 9.84 Å². The van der Waals surface area contributed by atoms with Crippen molar-refractivity contribution in [3.63, 3.8) is 0 Å². The van der Waals surface area contributed by atoms with Gasteiger partial charge in [-0.05, 0) is 12.8 Å². The number of aliphatic hydroxyl groups excluding tert-OH is 2. The van der Waals surface area contributed by atoms with E-state index >= 15 is 0 Å². The number of nitrogens with zero attached hydrogens (tertiary/aromatic N) is 1. The van der Waals surface area contributed by atoms with Gasteiger partial charge in [0.1, 0.15) is 6.10 Å². The molecule has 9 nitrogen and oxygen atoms in total. The first kappa shape index (κ1) is 21.1. The number of aliphatic hydroxyl groups is 2. The van der Waals surface area contributed by atoms with Crippen LogP contribution >= 0.6 is 0 Å². The van der Waals surface area contributed by atoms with Crippen molar-refractivity contribution < 1.29 is 32.9 Å². The van der Waals surface area contributed by atoms with E-state index in [1.54, 1.807) is 5.32 Å². The number of alkyl halides is 3. The molecule has 1 aromatic heterocycles. The van der Waals surface area contributed by atoms with Crippen molar-refractivity contribution in [3.8, 4) is 0 Å². The van der Waals surface area contributed by atoms with Crippen LogP contribution < -0.4 is 16.6 Å². The van der Waals surface area contributed by atoms with Crippen molar-refractivity contribution in [1.82, 2.24) is 14.9 Å². The van der Waals surface area contributed by atoms with Crippen LogP contribution in [0.2, 0.25) is 0 Å². The number of carbonyl (C=O) groups is 1. The molecule has 12 heteroatoms. The maximum atomic E-state index is 12.1. The molecule has 0 saturated carbocycles. The number of halogens is 3. The van der Waals surface area contributed by atoms with Gasteiger partial charge in [0, 0.05) is 24.7 Å². The Morgan fingerprint density at radius 3 is 2.70 bits per heavy atom. The van der Waals surface area contributed by atoms with Gasteiger partial charge in [0.05, 0.1) is 25.4 Å². The number of amides is 1. The van der Waals surface area contributed by atoms with Crippen LogP contribution in [0.3, 0.4) is 0 Å². The van der Waals surface area contributed by atoms with E-state index in [-0.39, 0.29) is 44.5 Å². The number of carbonyl (C=O) groups excluding carboxylic acids is 1. The lowest BCUT2D eigenvalue weighted by Crippen LogP contribution is -2.37. The summed E-state index contributed by atoms with van der Waals surface area (Å²) in [5.41, 5.74) is -1.20. The van der Waals surface area contributed by atoms with Crippen LogP contribution in [0.1, 0.15) is 18.4 Å². The van der Waals surface area contributed by atoms with E-state index in [2.05, 4.69) is 4.98 Å². The second kappa shape index (κ2) is 8.67. The van der Waals surface area contributed by atoms with Crippen LogP contribution in [0.4, 0.5) is 13.2 Å². The minimum atomic E-state index is -4.97. The fraction of sp³-hybridized carbons (Fsp3) is 0.667. The van der Waals surface area contributed by atoms with Gasteiger partial charge in [-0.1, -0.05) is 0 Å². The summed E-state index contributed by atoms with van der Waals surface area (Å²) in [5, 5.41) is 20.5. The Hall–Kier alpha value is -2.18. The van der Waals surface area contributed by atoms with Crippen molar-refractivity contribution in [2.45, 2.75) is 50.3 Å². The van der Waals surface area contributed by atoms with Gasteiger partial charge in [-0.3, -0.25) is 19.1 Å². The van der Waals surface area contributed by atoms with E-state index in [0.717, 1.165) is 0 Å². The van der Waals surface area contributed by atoms with Gasteiger partial charge in [-0.15, -0.1) is 0 Å². The molecule has 0 radical (unpaired) electrons. The number of aromatic amines is 1. The molecule has 27 heavy (non-hydrogen) atoms. The molecule has 2 heterocycles. The number of hydrogen-bond donors (Lipinski definition) is 4.